The summed E-state index contributed by atoms with van der Waals surface area (Å²) in [7, 11) is 3.50. The van der Waals surface area contributed by atoms with Gasteiger partial charge in [-0.1, -0.05) is 30.3 Å². The number of nitrogens with two attached hydrogens (primary N) is 1. The highest BCUT2D eigenvalue weighted by molar-refractivity contribution is 6.17. The number of nitrogens with one attached hydrogen (secondary N) is 1. The minimum atomic E-state index is -0.202. The molecule has 1 aliphatic rings. The lowest BCUT2D eigenvalue weighted by Gasteiger charge is -2.09. The fourth-order valence-electron chi connectivity index (χ4n) is 2.83. The van der Waals surface area contributed by atoms with Gasteiger partial charge in [-0.3, -0.25) is 20.0 Å². The van der Waals surface area contributed by atoms with E-state index in [1.54, 1.807) is 19.3 Å². The Morgan fingerprint density at radius 1 is 1.40 bits per heavy atom. The molecule has 30 heavy (non-hydrogen) atoms. The van der Waals surface area contributed by atoms with E-state index in [1.807, 2.05) is 50.4 Å². The van der Waals surface area contributed by atoms with Crippen molar-refractivity contribution in [1.82, 2.24) is 10.2 Å². The number of carbonyl (C=O) groups excluding carboxylic acids is 1. The zero-order chi connectivity index (χ0) is 21.9. The molecule has 1 unspecified atom stereocenters. The third-order valence-corrected chi connectivity index (χ3v) is 4.70. The molecule has 1 amide bonds. The number of amides is 1. The number of amidine groups is 1. The van der Waals surface area contributed by atoms with E-state index in [1.165, 1.54) is 11.1 Å². The lowest BCUT2D eigenvalue weighted by molar-refractivity contribution is -0.121. The summed E-state index contributed by atoms with van der Waals surface area (Å²) >= 11 is 0. The number of carbonyl (C=O) groups is 1. The van der Waals surface area contributed by atoms with Crippen molar-refractivity contribution >= 4 is 24.0 Å². The molecule has 1 aromatic carbocycles. The second kappa shape index (κ2) is 11.5. The summed E-state index contributed by atoms with van der Waals surface area (Å²) in [5.74, 6) is 0.360. The summed E-state index contributed by atoms with van der Waals surface area (Å²) in [5.41, 5.74) is 8.82. The highest BCUT2D eigenvalue weighted by Gasteiger charge is 2.25. The Balaban J connectivity index is 2.15. The van der Waals surface area contributed by atoms with Crippen LogP contribution in [0.5, 0.6) is 0 Å². The molecule has 1 atom stereocenters. The van der Waals surface area contributed by atoms with Gasteiger partial charge in [0.1, 0.15) is 11.5 Å². The number of unbranched alkanes of at least 4 members (excludes halogenated alkanes) is 1. The summed E-state index contributed by atoms with van der Waals surface area (Å²) in [6.07, 6.45) is 10.3. The lowest BCUT2D eigenvalue weighted by Crippen LogP contribution is -2.26. The Morgan fingerprint density at radius 3 is 2.83 bits per heavy atom. The largest absolute Gasteiger partial charge is 0.404 e. The highest BCUT2D eigenvalue weighted by Crippen LogP contribution is 2.17. The summed E-state index contributed by atoms with van der Waals surface area (Å²) in [6.45, 7) is 2.03. The Bertz CT molecular complexity index is 949. The SMILES string of the molecule is CNC(CCCC#N)\N=C/C(=C\N)/C=C1N=C(/C=C/c2ccccc2C)N(C)C\1=O. The van der Waals surface area contributed by atoms with E-state index in [0.717, 1.165) is 24.0 Å². The maximum absolute atomic E-state index is 12.6. The summed E-state index contributed by atoms with van der Waals surface area (Å²) < 4.78 is 0. The Labute approximate surface area is 178 Å². The number of aliphatic imine (C=N–C) groups is 2. The topological polar surface area (TPSA) is 107 Å². The van der Waals surface area contributed by atoms with Crippen molar-refractivity contribution in [2.45, 2.75) is 32.4 Å². The van der Waals surface area contributed by atoms with Crippen LogP contribution < -0.4 is 11.1 Å². The maximum Gasteiger partial charge on any atom is 0.277 e. The first kappa shape index (κ1) is 22.8. The first-order valence-electron chi connectivity index (χ1n) is 9.81. The van der Waals surface area contributed by atoms with Crippen molar-refractivity contribution in [2.24, 2.45) is 15.7 Å². The first-order chi connectivity index (χ1) is 14.5. The zero-order valence-corrected chi connectivity index (χ0v) is 17.7. The third-order valence-electron chi connectivity index (χ3n) is 4.70. The standard InChI is InChI=1S/C23H28N6O/c1-17-8-4-5-9-19(17)11-12-22-28-20(23(30)29(22)3)14-18(15-25)16-27-21(26-2)10-6-7-13-24/h4-5,8-9,11-12,14-16,21,26H,6-7,10,25H2,1-3H3/b12-11+,18-15-,20-14-,27-16-. The van der Waals surface area contributed by atoms with Gasteiger partial charge < -0.3 is 5.73 Å². The van der Waals surface area contributed by atoms with Gasteiger partial charge in [-0.25, -0.2) is 4.99 Å². The van der Waals surface area contributed by atoms with Crippen LogP contribution in [0.1, 0.15) is 30.4 Å². The molecular formula is C23H28N6O. The second-order valence-electron chi connectivity index (χ2n) is 6.85. The van der Waals surface area contributed by atoms with Gasteiger partial charge in [-0.05, 0) is 50.1 Å². The fourth-order valence-corrected chi connectivity index (χ4v) is 2.83. The summed E-state index contributed by atoms with van der Waals surface area (Å²) in [6, 6.07) is 10.1. The molecule has 0 aliphatic carbocycles. The number of rotatable bonds is 9. The van der Waals surface area contributed by atoms with Crippen molar-refractivity contribution < 1.29 is 4.79 Å². The van der Waals surface area contributed by atoms with Gasteiger partial charge in [0.05, 0.1) is 12.2 Å². The van der Waals surface area contributed by atoms with Crippen LogP contribution in [-0.2, 0) is 4.79 Å². The van der Waals surface area contributed by atoms with E-state index in [0.29, 0.717) is 23.5 Å². The third kappa shape index (κ3) is 6.26. The van der Waals surface area contributed by atoms with E-state index in [-0.39, 0.29) is 12.1 Å². The van der Waals surface area contributed by atoms with E-state index in [2.05, 4.69) is 21.4 Å². The van der Waals surface area contributed by atoms with Crippen molar-refractivity contribution in [3.8, 4) is 6.07 Å². The highest BCUT2D eigenvalue weighted by atomic mass is 16.2. The van der Waals surface area contributed by atoms with Crippen molar-refractivity contribution in [2.75, 3.05) is 14.1 Å². The molecule has 0 saturated heterocycles. The monoisotopic (exact) mass is 404 g/mol. The molecule has 0 aromatic heterocycles. The molecule has 2 rings (SSSR count). The molecule has 0 fully saturated rings. The molecule has 156 valence electrons. The number of hydrogen-bond donors (Lipinski definition) is 2. The minimum Gasteiger partial charge on any atom is -0.404 e. The van der Waals surface area contributed by atoms with Crippen LogP contribution in [0.4, 0.5) is 0 Å². The summed E-state index contributed by atoms with van der Waals surface area (Å²) in [5, 5.41) is 11.7. The van der Waals surface area contributed by atoms with E-state index >= 15 is 0 Å². The average Bonchev–Trinajstić information content (AvgIpc) is 3.02. The molecule has 3 N–H and O–H groups in total. The predicted octanol–water partition coefficient (Wildman–Crippen LogP) is 2.92. The molecule has 7 heteroatoms. The van der Waals surface area contributed by atoms with Gasteiger partial charge in [0, 0.05) is 31.5 Å². The van der Waals surface area contributed by atoms with Crippen LogP contribution in [0.3, 0.4) is 0 Å². The van der Waals surface area contributed by atoms with Crippen molar-refractivity contribution in [3.05, 3.63) is 65.0 Å². The fraction of sp³-hybridized carbons (Fsp3) is 0.304. The number of nitriles is 1. The normalized spacial score (nSPS) is 17.2. The van der Waals surface area contributed by atoms with Crippen LogP contribution in [0.2, 0.25) is 0 Å². The molecule has 0 bridgehead atoms. The Morgan fingerprint density at radius 2 is 2.17 bits per heavy atom. The number of nitrogens with zero attached hydrogens (tertiary/aromatic N) is 4. The van der Waals surface area contributed by atoms with E-state index in [9.17, 15) is 4.79 Å². The van der Waals surface area contributed by atoms with Gasteiger partial charge in [-0.15, -0.1) is 0 Å². The van der Waals surface area contributed by atoms with Gasteiger partial charge >= 0.3 is 0 Å². The average molecular weight is 405 g/mol. The molecule has 0 radical (unpaired) electrons. The number of likely N-dealkylation sites (N-methyl/N-ethyl adjacent to an activating group) is 1. The first-order valence-corrected chi connectivity index (χ1v) is 9.81. The van der Waals surface area contributed by atoms with Gasteiger partial charge in [0.25, 0.3) is 5.91 Å². The molecular weight excluding hydrogens is 376 g/mol. The smallest absolute Gasteiger partial charge is 0.277 e. The zero-order valence-electron chi connectivity index (χ0n) is 17.7. The van der Waals surface area contributed by atoms with E-state index < -0.39 is 0 Å². The molecule has 1 aromatic rings. The second-order valence-corrected chi connectivity index (χ2v) is 6.85. The van der Waals surface area contributed by atoms with Crippen molar-refractivity contribution in [3.63, 3.8) is 0 Å². The number of hydrogen-bond acceptors (Lipinski definition) is 6. The van der Waals surface area contributed by atoms with Gasteiger partial charge in [0.2, 0.25) is 0 Å². The predicted molar refractivity (Wildman–Crippen MR) is 122 cm³/mol. The molecule has 7 nitrogen and oxygen atoms in total. The van der Waals surface area contributed by atoms with E-state index in [4.69, 9.17) is 11.0 Å². The van der Waals surface area contributed by atoms with Gasteiger partial charge in [-0.2, -0.15) is 5.26 Å². The van der Waals surface area contributed by atoms with Crippen molar-refractivity contribution in [1.29, 1.82) is 5.26 Å². The Kier molecular flexibility index (Phi) is 8.73. The van der Waals surface area contributed by atoms with Gasteiger partial charge in [0.15, 0.2) is 0 Å². The Hall–Kier alpha value is -3.50. The van der Waals surface area contributed by atoms with Crippen LogP contribution >= 0.6 is 0 Å². The van der Waals surface area contributed by atoms with Crippen LogP contribution in [0, 0.1) is 18.3 Å². The van der Waals surface area contributed by atoms with Crippen LogP contribution in [-0.4, -0.2) is 43.1 Å². The quantitative estimate of drug-likeness (QED) is 0.375. The van der Waals surface area contributed by atoms with Crippen LogP contribution in [0.25, 0.3) is 6.08 Å². The number of aryl methyl sites for hydroxylation is 1. The minimum absolute atomic E-state index is 0.121. The molecule has 0 saturated carbocycles. The van der Waals surface area contributed by atoms with Crippen LogP contribution in [0.15, 0.2) is 63.9 Å². The molecule has 1 heterocycles. The summed E-state index contributed by atoms with van der Waals surface area (Å²) in [4.78, 5) is 23.0. The maximum atomic E-state index is 12.6. The molecule has 1 aliphatic heterocycles. The molecule has 0 spiro atoms. The number of benzene rings is 1. The number of allylic oxidation sites excluding steroid dienone is 2. The lowest BCUT2D eigenvalue weighted by atomic mass is 10.1.